The summed E-state index contributed by atoms with van der Waals surface area (Å²) >= 11 is 3.46. The van der Waals surface area contributed by atoms with Gasteiger partial charge in [-0.2, -0.15) is 0 Å². The van der Waals surface area contributed by atoms with Crippen molar-refractivity contribution in [2.75, 3.05) is 5.33 Å². The average molecular weight is 299 g/mol. The monoisotopic (exact) mass is 298 g/mol. The van der Waals surface area contributed by atoms with E-state index in [1.165, 1.54) is 6.42 Å². The normalized spacial score (nSPS) is 16.1. The van der Waals surface area contributed by atoms with Crippen molar-refractivity contribution >= 4 is 35.5 Å². The number of hydrogen-bond donors (Lipinski definition) is 0. The molecule has 0 aromatic heterocycles. The van der Waals surface area contributed by atoms with Crippen LogP contribution in [0.2, 0.25) is 13.1 Å². The third kappa shape index (κ3) is 5.65. The molecule has 0 radical (unpaired) electrons. The summed E-state index contributed by atoms with van der Waals surface area (Å²) in [5.74, 6) is 0. The van der Waals surface area contributed by atoms with E-state index in [2.05, 4.69) is 42.9 Å². The van der Waals surface area contributed by atoms with Gasteiger partial charge in [-0.1, -0.05) is 42.9 Å². The van der Waals surface area contributed by atoms with Crippen molar-refractivity contribution in [2.24, 2.45) is 5.41 Å². The van der Waals surface area contributed by atoms with E-state index in [1.807, 2.05) is 0 Å². The topological polar surface area (TPSA) is 18.5 Å². The highest BCUT2D eigenvalue weighted by atomic mass is 79.9. The van der Waals surface area contributed by atoms with E-state index in [4.69, 9.17) is 8.85 Å². The van der Waals surface area contributed by atoms with Gasteiger partial charge in [-0.25, -0.2) is 0 Å². The zero-order valence-electron chi connectivity index (χ0n) is 9.81. The Morgan fingerprint density at radius 2 is 1.71 bits per heavy atom. The number of rotatable bonds is 8. The molecule has 0 aromatic rings. The molecule has 0 aliphatic rings. The molecular weight excluding hydrogens is 276 g/mol. The molecule has 0 fully saturated rings. The van der Waals surface area contributed by atoms with E-state index >= 15 is 0 Å². The minimum atomic E-state index is -0.371. The lowest BCUT2D eigenvalue weighted by molar-refractivity contribution is -0.0820. The van der Waals surface area contributed by atoms with E-state index in [1.54, 1.807) is 0 Å². The van der Waals surface area contributed by atoms with Gasteiger partial charge in [0.1, 0.15) is 6.29 Å². The molecule has 86 valence electrons. The average Bonchev–Trinajstić information content (AvgIpc) is 2.14. The maximum Gasteiger partial charge on any atom is 0.161 e. The van der Waals surface area contributed by atoms with Crippen LogP contribution >= 0.6 is 15.9 Å². The Bertz CT molecular complexity index is 139. The lowest BCUT2D eigenvalue weighted by Gasteiger charge is -2.34. The van der Waals surface area contributed by atoms with Crippen LogP contribution in [0.4, 0.5) is 0 Å². The highest BCUT2D eigenvalue weighted by Crippen LogP contribution is 2.29. The zero-order valence-corrected chi connectivity index (χ0v) is 14.2. The SMILES string of the molecule is C[SiH2]OC(O[SiH2]C)C(C)(C)CCCBr. The lowest BCUT2D eigenvalue weighted by Crippen LogP contribution is -2.36. The van der Waals surface area contributed by atoms with Crippen molar-refractivity contribution in [3.05, 3.63) is 0 Å². The van der Waals surface area contributed by atoms with Crippen LogP contribution < -0.4 is 0 Å². The zero-order chi connectivity index (χ0) is 11.0. The molecule has 0 aliphatic carbocycles. The molecule has 0 heterocycles. The standard InChI is InChI=1S/C9H23BrO2Si2/c1-9(2,6-5-7-10)8(11-13-3)12-14-4/h8H,5-7,13-14H2,1-4H3. The quantitative estimate of drug-likeness (QED) is 0.387. The fourth-order valence-corrected chi connectivity index (χ4v) is 3.62. The molecule has 2 nitrogen and oxygen atoms in total. The Kier molecular flexibility index (Phi) is 8.52. The van der Waals surface area contributed by atoms with Crippen LogP contribution in [-0.2, 0) is 8.85 Å². The van der Waals surface area contributed by atoms with Crippen LogP contribution in [0.1, 0.15) is 26.7 Å². The molecule has 0 unspecified atom stereocenters. The molecule has 0 N–H and O–H groups in total. The van der Waals surface area contributed by atoms with E-state index in [0.717, 1.165) is 11.8 Å². The summed E-state index contributed by atoms with van der Waals surface area (Å²) in [7, 11) is -0.743. The van der Waals surface area contributed by atoms with Crippen molar-refractivity contribution in [1.82, 2.24) is 0 Å². The van der Waals surface area contributed by atoms with Crippen molar-refractivity contribution in [2.45, 2.75) is 46.1 Å². The first-order valence-corrected chi connectivity index (χ1v) is 10.5. The number of hydrogen-bond acceptors (Lipinski definition) is 2. The fourth-order valence-electron chi connectivity index (χ4n) is 1.44. The van der Waals surface area contributed by atoms with Crippen LogP contribution in [0.15, 0.2) is 0 Å². The second kappa shape index (κ2) is 8.04. The Hall–Kier alpha value is 0.834. The van der Waals surface area contributed by atoms with Gasteiger partial charge in [0.05, 0.1) is 0 Å². The van der Waals surface area contributed by atoms with Gasteiger partial charge in [0, 0.05) is 10.7 Å². The summed E-state index contributed by atoms with van der Waals surface area (Å²) in [6.07, 6.45) is 2.40. The molecule has 0 aliphatic heterocycles. The second-order valence-electron chi connectivity index (χ2n) is 4.02. The maximum absolute atomic E-state index is 5.78. The first-order valence-electron chi connectivity index (χ1n) is 5.37. The highest BCUT2D eigenvalue weighted by molar-refractivity contribution is 9.09. The van der Waals surface area contributed by atoms with Crippen LogP contribution in [0.25, 0.3) is 0 Å². The molecule has 0 saturated carbocycles. The van der Waals surface area contributed by atoms with Crippen molar-refractivity contribution < 1.29 is 8.85 Å². The Morgan fingerprint density at radius 1 is 1.21 bits per heavy atom. The molecule has 0 amide bonds. The summed E-state index contributed by atoms with van der Waals surface area (Å²) in [6, 6.07) is 0. The van der Waals surface area contributed by atoms with Crippen LogP contribution in [0, 0.1) is 5.41 Å². The van der Waals surface area contributed by atoms with E-state index in [-0.39, 0.29) is 31.2 Å². The third-order valence-corrected chi connectivity index (χ3v) is 4.06. The second-order valence-corrected chi connectivity index (χ2v) is 6.64. The summed E-state index contributed by atoms with van der Waals surface area (Å²) < 4.78 is 11.6. The minimum Gasteiger partial charge on any atom is -0.400 e. The van der Waals surface area contributed by atoms with Crippen molar-refractivity contribution in [1.29, 1.82) is 0 Å². The van der Waals surface area contributed by atoms with Gasteiger partial charge >= 0.3 is 0 Å². The first kappa shape index (κ1) is 14.8. The molecule has 14 heavy (non-hydrogen) atoms. The van der Waals surface area contributed by atoms with Crippen LogP contribution in [-0.4, -0.2) is 31.1 Å². The molecular formula is C9H23BrO2Si2. The molecule has 0 saturated heterocycles. The largest absolute Gasteiger partial charge is 0.400 e. The summed E-state index contributed by atoms with van der Waals surface area (Å²) in [4.78, 5) is 0. The maximum atomic E-state index is 5.78. The van der Waals surface area contributed by atoms with E-state index < -0.39 is 0 Å². The molecule has 5 heteroatoms. The Morgan fingerprint density at radius 3 is 2.07 bits per heavy atom. The predicted molar refractivity (Wildman–Crippen MR) is 71.6 cm³/mol. The third-order valence-electron chi connectivity index (χ3n) is 2.23. The van der Waals surface area contributed by atoms with Gasteiger partial charge < -0.3 is 8.85 Å². The first-order chi connectivity index (χ1) is 6.58. The van der Waals surface area contributed by atoms with Gasteiger partial charge in [-0.05, 0) is 12.8 Å². The van der Waals surface area contributed by atoms with Gasteiger partial charge in [0.15, 0.2) is 19.5 Å². The van der Waals surface area contributed by atoms with Crippen molar-refractivity contribution in [3.63, 3.8) is 0 Å². The molecule has 0 bridgehead atoms. The molecule has 0 spiro atoms. The van der Waals surface area contributed by atoms with Crippen LogP contribution in [0.5, 0.6) is 0 Å². The molecule has 0 aromatic carbocycles. The Labute approximate surface area is 101 Å². The summed E-state index contributed by atoms with van der Waals surface area (Å²) in [5, 5.41) is 1.07. The smallest absolute Gasteiger partial charge is 0.161 e. The van der Waals surface area contributed by atoms with E-state index in [9.17, 15) is 0 Å². The van der Waals surface area contributed by atoms with Gasteiger partial charge in [0.25, 0.3) is 0 Å². The summed E-state index contributed by atoms with van der Waals surface area (Å²) in [5.41, 5.74) is 0.166. The number of halogens is 1. The van der Waals surface area contributed by atoms with Gasteiger partial charge in [-0.3, -0.25) is 0 Å². The van der Waals surface area contributed by atoms with Gasteiger partial charge in [0.2, 0.25) is 0 Å². The summed E-state index contributed by atoms with van der Waals surface area (Å²) in [6.45, 7) is 8.81. The Balaban J connectivity index is 4.13. The van der Waals surface area contributed by atoms with Gasteiger partial charge in [-0.15, -0.1) is 0 Å². The number of alkyl halides is 1. The van der Waals surface area contributed by atoms with E-state index in [0.29, 0.717) is 0 Å². The molecule has 0 rings (SSSR count). The van der Waals surface area contributed by atoms with Crippen LogP contribution in [0.3, 0.4) is 0 Å². The predicted octanol–water partition coefficient (Wildman–Crippen LogP) is 1.81. The highest BCUT2D eigenvalue weighted by Gasteiger charge is 2.29. The van der Waals surface area contributed by atoms with Crippen molar-refractivity contribution in [3.8, 4) is 0 Å². The fraction of sp³-hybridized carbons (Fsp3) is 1.00. The lowest BCUT2D eigenvalue weighted by atomic mass is 9.87. The molecule has 0 atom stereocenters. The minimum absolute atomic E-state index is 0.0508.